The Balaban J connectivity index is 1.58. The molecule has 3 rings (SSSR count). The maximum atomic E-state index is 12.2. The number of nitrogens with two attached hydrogens (primary N) is 1. The minimum absolute atomic E-state index is 0.0908. The zero-order valence-corrected chi connectivity index (χ0v) is 11.3. The van der Waals surface area contributed by atoms with E-state index in [1.165, 1.54) is 6.42 Å². The van der Waals surface area contributed by atoms with Crippen molar-refractivity contribution in [2.45, 2.75) is 37.9 Å². The molecule has 20 heavy (non-hydrogen) atoms. The zero-order valence-electron chi connectivity index (χ0n) is 11.3. The zero-order chi connectivity index (χ0) is 14.1. The van der Waals surface area contributed by atoms with Crippen molar-refractivity contribution < 1.29 is 9.59 Å². The molecule has 2 amide bonds. The van der Waals surface area contributed by atoms with Crippen molar-refractivity contribution in [3.05, 3.63) is 35.4 Å². The van der Waals surface area contributed by atoms with E-state index in [4.69, 9.17) is 5.73 Å². The van der Waals surface area contributed by atoms with Crippen LogP contribution in [0.3, 0.4) is 0 Å². The smallest absolute Gasteiger partial charge is 0.248 e. The van der Waals surface area contributed by atoms with Crippen LogP contribution >= 0.6 is 0 Å². The molecular weight excluding hydrogens is 254 g/mol. The third-order valence-corrected chi connectivity index (χ3v) is 4.32. The first-order valence-electron chi connectivity index (χ1n) is 7.06. The summed E-state index contributed by atoms with van der Waals surface area (Å²) >= 11 is 0. The number of hydrogen-bond acceptors (Lipinski definition) is 3. The Kier molecular flexibility index (Phi) is 3.44. The van der Waals surface area contributed by atoms with Gasteiger partial charge in [0, 0.05) is 24.2 Å². The van der Waals surface area contributed by atoms with E-state index in [0.717, 1.165) is 18.4 Å². The summed E-state index contributed by atoms with van der Waals surface area (Å²) in [6.45, 7) is 0.438. The van der Waals surface area contributed by atoms with Gasteiger partial charge in [-0.1, -0.05) is 12.1 Å². The fraction of sp³-hybridized carbons (Fsp3) is 0.467. The van der Waals surface area contributed by atoms with Crippen LogP contribution in [0, 0.1) is 5.92 Å². The molecule has 1 aromatic rings. The summed E-state index contributed by atoms with van der Waals surface area (Å²) in [6.07, 6.45) is 3.23. The van der Waals surface area contributed by atoms with Crippen molar-refractivity contribution in [1.82, 2.24) is 10.6 Å². The van der Waals surface area contributed by atoms with E-state index in [9.17, 15) is 9.59 Å². The fourth-order valence-electron chi connectivity index (χ4n) is 3.27. The van der Waals surface area contributed by atoms with E-state index < -0.39 is 5.91 Å². The van der Waals surface area contributed by atoms with E-state index in [0.29, 0.717) is 24.2 Å². The third kappa shape index (κ3) is 2.54. The molecule has 2 fully saturated rings. The number of amides is 2. The number of benzene rings is 1. The summed E-state index contributed by atoms with van der Waals surface area (Å²) in [4.78, 5) is 23.3. The molecule has 5 heteroatoms. The molecule has 2 bridgehead atoms. The molecular formula is C15H19N3O2. The van der Waals surface area contributed by atoms with Gasteiger partial charge in [-0.05, 0) is 37.0 Å². The lowest BCUT2D eigenvalue weighted by atomic mass is 9.88. The van der Waals surface area contributed by atoms with Gasteiger partial charge in [-0.3, -0.25) is 9.59 Å². The third-order valence-electron chi connectivity index (χ3n) is 4.32. The Hall–Kier alpha value is -1.88. The molecule has 2 aliphatic heterocycles. The lowest BCUT2D eigenvalue weighted by Gasteiger charge is -2.19. The highest BCUT2D eigenvalue weighted by Crippen LogP contribution is 2.33. The Morgan fingerprint density at radius 3 is 2.85 bits per heavy atom. The van der Waals surface area contributed by atoms with Crippen LogP contribution in [0.1, 0.15) is 35.2 Å². The van der Waals surface area contributed by atoms with Crippen molar-refractivity contribution in [1.29, 1.82) is 0 Å². The van der Waals surface area contributed by atoms with Crippen molar-refractivity contribution >= 4 is 11.8 Å². The van der Waals surface area contributed by atoms with E-state index in [-0.39, 0.29) is 11.8 Å². The van der Waals surface area contributed by atoms with Gasteiger partial charge >= 0.3 is 0 Å². The quantitative estimate of drug-likeness (QED) is 0.748. The molecule has 3 atom stereocenters. The molecule has 0 spiro atoms. The van der Waals surface area contributed by atoms with Crippen LogP contribution in [0.5, 0.6) is 0 Å². The molecule has 4 N–H and O–H groups in total. The number of rotatable bonds is 4. The summed E-state index contributed by atoms with van der Waals surface area (Å²) in [7, 11) is 0. The second-order valence-corrected chi connectivity index (χ2v) is 5.67. The molecule has 5 nitrogen and oxygen atoms in total. The molecule has 0 saturated carbocycles. The topological polar surface area (TPSA) is 84.2 Å². The summed E-state index contributed by atoms with van der Waals surface area (Å²) in [5, 5.41) is 6.42. The molecule has 0 radical (unpaired) electrons. The standard InChI is InChI=1S/C15H19N3O2/c16-14(19)10-3-1-2-9(6-10)8-17-15(20)12-7-11-4-5-13(12)18-11/h1-3,6,11-13,18H,4-5,7-8H2,(H2,16,19)(H,17,20). The Morgan fingerprint density at radius 2 is 2.20 bits per heavy atom. The van der Waals surface area contributed by atoms with Gasteiger partial charge < -0.3 is 16.4 Å². The molecule has 3 unspecified atom stereocenters. The number of nitrogens with one attached hydrogen (secondary N) is 2. The normalized spacial score (nSPS) is 27.5. The average Bonchev–Trinajstić information content (AvgIpc) is 3.07. The minimum atomic E-state index is -0.449. The Morgan fingerprint density at radius 1 is 1.35 bits per heavy atom. The predicted molar refractivity (Wildman–Crippen MR) is 74.9 cm³/mol. The molecule has 0 aliphatic carbocycles. The van der Waals surface area contributed by atoms with Crippen molar-refractivity contribution in [2.75, 3.05) is 0 Å². The first-order valence-corrected chi connectivity index (χ1v) is 7.06. The lowest BCUT2D eigenvalue weighted by molar-refractivity contribution is -0.125. The Labute approximate surface area is 117 Å². The van der Waals surface area contributed by atoms with Gasteiger partial charge in [0.05, 0.1) is 5.92 Å². The number of carbonyl (C=O) groups is 2. The number of fused-ring (bicyclic) bond motifs is 2. The highest BCUT2D eigenvalue weighted by Gasteiger charge is 2.42. The van der Waals surface area contributed by atoms with Gasteiger partial charge in [-0.25, -0.2) is 0 Å². The van der Waals surface area contributed by atoms with Crippen LogP contribution < -0.4 is 16.4 Å². The van der Waals surface area contributed by atoms with Crippen molar-refractivity contribution in [3.63, 3.8) is 0 Å². The first kappa shape index (κ1) is 13.1. The van der Waals surface area contributed by atoms with E-state index in [1.807, 2.05) is 6.07 Å². The van der Waals surface area contributed by atoms with E-state index >= 15 is 0 Å². The SMILES string of the molecule is NC(=O)c1cccc(CNC(=O)C2CC3CCC2N3)c1. The van der Waals surface area contributed by atoms with Crippen LogP contribution in [0.25, 0.3) is 0 Å². The van der Waals surface area contributed by atoms with Crippen molar-refractivity contribution in [2.24, 2.45) is 11.7 Å². The molecule has 2 saturated heterocycles. The second kappa shape index (κ2) is 5.25. The maximum Gasteiger partial charge on any atom is 0.248 e. The highest BCUT2D eigenvalue weighted by atomic mass is 16.2. The van der Waals surface area contributed by atoms with Crippen LogP contribution in [-0.2, 0) is 11.3 Å². The van der Waals surface area contributed by atoms with Gasteiger partial charge in [-0.15, -0.1) is 0 Å². The molecule has 1 aromatic carbocycles. The van der Waals surface area contributed by atoms with Crippen LogP contribution in [-0.4, -0.2) is 23.9 Å². The molecule has 2 aliphatic rings. The number of carbonyl (C=O) groups excluding carboxylic acids is 2. The van der Waals surface area contributed by atoms with Gasteiger partial charge in [0.15, 0.2) is 0 Å². The summed E-state index contributed by atoms with van der Waals surface area (Å²) < 4.78 is 0. The minimum Gasteiger partial charge on any atom is -0.366 e. The molecule has 106 valence electrons. The van der Waals surface area contributed by atoms with Gasteiger partial charge in [0.25, 0.3) is 0 Å². The number of primary amides is 1. The van der Waals surface area contributed by atoms with Gasteiger partial charge in [0.1, 0.15) is 0 Å². The maximum absolute atomic E-state index is 12.2. The highest BCUT2D eigenvalue weighted by molar-refractivity contribution is 5.92. The van der Waals surface area contributed by atoms with Crippen LogP contribution in [0.15, 0.2) is 24.3 Å². The van der Waals surface area contributed by atoms with Gasteiger partial charge in [-0.2, -0.15) is 0 Å². The van der Waals surface area contributed by atoms with Crippen LogP contribution in [0.2, 0.25) is 0 Å². The average molecular weight is 273 g/mol. The van der Waals surface area contributed by atoms with Gasteiger partial charge in [0.2, 0.25) is 11.8 Å². The van der Waals surface area contributed by atoms with Crippen LogP contribution in [0.4, 0.5) is 0 Å². The number of hydrogen-bond donors (Lipinski definition) is 3. The lowest BCUT2D eigenvalue weighted by Crippen LogP contribution is -2.37. The monoisotopic (exact) mass is 273 g/mol. The second-order valence-electron chi connectivity index (χ2n) is 5.67. The fourth-order valence-corrected chi connectivity index (χ4v) is 3.27. The predicted octanol–water partition coefficient (Wildman–Crippen LogP) is 0.542. The summed E-state index contributed by atoms with van der Waals surface area (Å²) in [6, 6.07) is 7.92. The summed E-state index contributed by atoms with van der Waals surface area (Å²) in [5.74, 6) is -0.252. The molecule has 0 aromatic heterocycles. The molecule has 2 heterocycles. The Bertz CT molecular complexity index is 544. The summed E-state index contributed by atoms with van der Waals surface area (Å²) in [5.41, 5.74) is 6.61. The van der Waals surface area contributed by atoms with E-state index in [1.54, 1.807) is 18.2 Å². The van der Waals surface area contributed by atoms with E-state index in [2.05, 4.69) is 10.6 Å². The largest absolute Gasteiger partial charge is 0.366 e. The first-order chi connectivity index (χ1) is 9.63. The van der Waals surface area contributed by atoms with Crippen molar-refractivity contribution in [3.8, 4) is 0 Å².